The zero-order valence-electron chi connectivity index (χ0n) is 10.8. The van der Waals surface area contributed by atoms with Crippen LogP contribution < -0.4 is 0 Å². The van der Waals surface area contributed by atoms with Crippen LogP contribution in [0.1, 0.15) is 23.5 Å². The van der Waals surface area contributed by atoms with E-state index in [1.807, 2.05) is 42.5 Å². The molecule has 2 aromatic carbocycles. The third kappa shape index (κ3) is 2.17. The van der Waals surface area contributed by atoms with Gasteiger partial charge in [-0.2, -0.15) is 5.26 Å². The highest BCUT2D eigenvalue weighted by Gasteiger charge is 2.16. The number of benzene rings is 2. The van der Waals surface area contributed by atoms with Gasteiger partial charge in [-0.05, 0) is 29.3 Å². The lowest BCUT2D eigenvalue weighted by Crippen LogP contribution is -2.01. The normalized spacial score (nSPS) is 12.2. The Kier molecular flexibility index (Phi) is 3.22. The minimum atomic E-state index is -0.277. The molecule has 0 bridgehead atoms. The zero-order chi connectivity index (χ0) is 13.9. The van der Waals surface area contributed by atoms with E-state index in [2.05, 4.69) is 11.1 Å². The van der Waals surface area contributed by atoms with E-state index in [4.69, 9.17) is 5.26 Å². The molecule has 20 heavy (non-hydrogen) atoms. The highest BCUT2D eigenvalue weighted by Crippen LogP contribution is 2.31. The first-order valence-electron chi connectivity index (χ1n) is 6.48. The molecule has 0 amide bonds. The van der Waals surface area contributed by atoms with Gasteiger partial charge in [-0.3, -0.25) is 0 Å². The van der Waals surface area contributed by atoms with Gasteiger partial charge in [-0.1, -0.05) is 30.3 Å². The largest absolute Gasteiger partial charge is 0.359 e. The van der Waals surface area contributed by atoms with Gasteiger partial charge in [0.2, 0.25) is 0 Å². The van der Waals surface area contributed by atoms with Crippen molar-refractivity contribution >= 4 is 10.9 Å². The highest BCUT2D eigenvalue weighted by molar-refractivity contribution is 5.81. The number of fused-ring (bicyclic) bond motifs is 1. The summed E-state index contributed by atoms with van der Waals surface area (Å²) in [5.41, 5.74) is 2.38. The molecule has 98 valence electrons. The summed E-state index contributed by atoms with van der Waals surface area (Å²) in [6.07, 6.45) is 2.05. The fraction of sp³-hybridized carbons (Fsp3) is 0.118. The number of aromatic nitrogens is 1. The third-order valence-electron chi connectivity index (χ3n) is 3.53. The standard InChI is InChI=1S/C17H13FN2/c18-16-11-14(10-13-7-9-20-17(13)16)15(6-8-19)12-4-2-1-3-5-12/h1-5,7,9-11,15,20H,6H2. The van der Waals surface area contributed by atoms with Crippen LogP contribution in [0.4, 0.5) is 4.39 Å². The molecule has 0 fully saturated rings. The van der Waals surface area contributed by atoms with Crippen LogP contribution in [0.3, 0.4) is 0 Å². The van der Waals surface area contributed by atoms with Crippen molar-refractivity contribution in [1.29, 1.82) is 5.26 Å². The Morgan fingerprint density at radius 2 is 1.90 bits per heavy atom. The van der Waals surface area contributed by atoms with Crippen LogP contribution in [0.2, 0.25) is 0 Å². The van der Waals surface area contributed by atoms with Crippen LogP contribution in [-0.2, 0) is 0 Å². The summed E-state index contributed by atoms with van der Waals surface area (Å²) in [6.45, 7) is 0. The quantitative estimate of drug-likeness (QED) is 0.750. The van der Waals surface area contributed by atoms with Gasteiger partial charge < -0.3 is 4.98 Å². The van der Waals surface area contributed by atoms with Crippen molar-refractivity contribution in [2.24, 2.45) is 0 Å². The SMILES string of the molecule is N#CCC(c1ccccc1)c1cc(F)c2[nH]ccc2c1. The molecular formula is C17H13FN2. The Balaban J connectivity index is 2.12. The minimum Gasteiger partial charge on any atom is -0.359 e. The summed E-state index contributed by atoms with van der Waals surface area (Å²) in [6, 6.07) is 17.3. The van der Waals surface area contributed by atoms with E-state index >= 15 is 0 Å². The lowest BCUT2D eigenvalue weighted by Gasteiger charge is -2.15. The van der Waals surface area contributed by atoms with E-state index in [1.54, 1.807) is 6.20 Å². The van der Waals surface area contributed by atoms with Gasteiger partial charge in [-0.15, -0.1) is 0 Å². The van der Waals surface area contributed by atoms with E-state index < -0.39 is 0 Å². The molecule has 3 rings (SSSR count). The predicted molar refractivity (Wildman–Crippen MR) is 76.8 cm³/mol. The molecule has 0 spiro atoms. The number of H-pyrrole nitrogens is 1. The maximum atomic E-state index is 14.1. The molecule has 0 aliphatic heterocycles. The van der Waals surface area contributed by atoms with Gasteiger partial charge in [0.15, 0.2) is 0 Å². The molecular weight excluding hydrogens is 251 g/mol. The third-order valence-corrected chi connectivity index (χ3v) is 3.53. The van der Waals surface area contributed by atoms with Gasteiger partial charge in [0, 0.05) is 23.9 Å². The number of hydrogen-bond acceptors (Lipinski definition) is 1. The first kappa shape index (κ1) is 12.4. The first-order chi connectivity index (χ1) is 9.79. The molecule has 0 aliphatic rings. The maximum absolute atomic E-state index is 14.1. The molecule has 3 heteroatoms. The molecule has 0 saturated heterocycles. The molecule has 1 N–H and O–H groups in total. The lowest BCUT2D eigenvalue weighted by molar-refractivity contribution is 0.633. The average molecular weight is 264 g/mol. The van der Waals surface area contributed by atoms with Crippen LogP contribution in [-0.4, -0.2) is 4.98 Å². The van der Waals surface area contributed by atoms with E-state index in [9.17, 15) is 4.39 Å². The summed E-state index contributed by atoms with van der Waals surface area (Å²) in [5, 5.41) is 9.88. The van der Waals surface area contributed by atoms with Crippen molar-refractivity contribution in [3.8, 4) is 6.07 Å². The zero-order valence-corrected chi connectivity index (χ0v) is 10.8. The van der Waals surface area contributed by atoms with E-state index in [-0.39, 0.29) is 11.7 Å². The smallest absolute Gasteiger partial charge is 0.147 e. The van der Waals surface area contributed by atoms with Gasteiger partial charge >= 0.3 is 0 Å². The molecule has 0 aliphatic carbocycles. The number of nitrogens with zero attached hydrogens (tertiary/aromatic N) is 1. The van der Waals surface area contributed by atoms with Crippen molar-refractivity contribution in [1.82, 2.24) is 4.98 Å². The molecule has 0 saturated carbocycles. The summed E-state index contributed by atoms with van der Waals surface area (Å²) < 4.78 is 14.1. The number of nitriles is 1. The second-order valence-electron chi connectivity index (χ2n) is 4.77. The molecule has 2 nitrogen and oxygen atoms in total. The van der Waals surface area contributed by atoms with Crippen LogP contribution in [0, 0.1) is 17.1 Å². The van der Waals surface area contributed by atoms with Crippen LogP contribution in [0.5, 0.6) is 0 Å². The molecule has 1 heterocycles. The number of hydrogen-bond donors (Lipinski definition) is 1. The first-order valence-corrected chi connectivity index (χ1v) is 6.48. The Morgan fingerprint density at radius 3 is 2.65 bits per heavy atom. The minimum absolute atomic E-state index is 0.102. The lowest BCUT2D eigenvalue weighted by atomic mass is 9.88. The van der Waals surface area contributed by atoms with E-state index in [0.29, 0.717) is 11.9 Å². The molecule has 1 atom stereocenters. The van der Waals surface area contributed by atoms with Gasteiger partial charge in [0.25, 0.3) is 0 Å². The molecule has 1 aromatic heterocycles. The fourth-order valence-corrected chi connectivity index (χ4v) is 2.55. The summed E-state index contributed by atoms with van der Waals surface area (Å²) in [5.74, 6) is -0.378. The fourth-order valence-electron chi connectivity index (χ4n) is 2.55. The van der Waals surface area contributed by atoms with Crippen LogP contribution in [0.15, 0.2) is 54.7 Å². The predicted octanol–water partition coefficient (Wildman–Crippen LogP) is 4.35. The average Bonchev–Trinajstić information content (AvgIpc) is 2.94. The van der Waals surface area contributed by atoms with Gasteiger partial charge in [0.1, 0.15) is 5.82 Å². The molecule has 3 aromatic rings. The Morgan fingerprint density at radius 1 is 1.10 bits per heavy atom. The van der Waals surface area contributed by atoms with E-state index in [1.165, 1.54) is 6.07 Å². The number of rotatable bonds is 3. The number of aromatic amines is 1. The van der Waals surface area contributed by atoms with Crippen molar-refractivity contribution < 1.29 is 4.39 Å². The highest BCUT2D eigenvalue weighted by atomic mass is 19.1. The van der Waals surface area contributed by atoms with Crippen LogP contribution in [0.25, 0.3) is 10.9 Å². The Hall–Kier alpha value is -2.60. The van der Waals surface area contributed by atoms with Crippen molar-refractivity contribution in [2.45, 2.75) is 12.3 Å². The number of nitrogens with one attached hydrogen (secondary N) is 1. The number of halogens is 1. The summed E-state index contributed by atoms with van der Waals surface area (Å²) in [7, 11) is 0. The van der Waals surface area contributed by atoms with Crippen molar-refractivity contribution in [3.63, 3.8) is 0 Å². The summed E-state index contributed by atoms with van der Waals surface area (Å²) in [4.78, 5) is 2.89. The topological polar surface area (TPSA) is 39.6 Å². The van der Waals surface area contributed by atoms with Crippen molar-refractivity contribution in [2.75, 3.05) is 0 Å². The maximum Gasteiger partial charge on any atom is 0.147 e. The van der Waals surface area contributed by atoms with E-state index in [0.717, 1.165) is 16.5 Å². The molecule has 1 unspecified atom stereocenters. The second kappa shape index (κ2) is 5.18. The Labute approximate surface area is 116 Å². The second-order valence-corrected chi connectivity index (χ2v) is 4.77. The Bertz CT molecular complexity index is 769. The van der Waals surface area contributed by atoms with Gasteiger partial charge in [-0.25, -0.2) is 4.39 Å². The van der Waals surface area contributed by atoms with Crippen LogP contribution >= 0.6 is 0 Å². The van der Waals surface area contributed by atoms with Gasteiger partial charge in [0.05, 0.1) is 11.6 Å². The summed E-state index contributed by atoms with van der Waals surface area (Å²) >= 11 is 0. The molecule has 0 radical (unpaired) electrons. The van der Waals surface area contributed by atoms with Crippen molar-refractivity contribution in [3.05, 3.63) is 71.7 Å². The monoisotopic (exact) mass is 264 g/mol.